The molecule has 0 saturated carbocycles. The zero-order valence-electron chi connectivity index (χ0n) is 11.9. The second-order valence-electron chi connectivity index (χ2n) is 4.74. The van der Waals surface area contributed by atoms with Crippen LogP contribution in [-0.2, 0) is 11.3 Å². The quantitative estimate of drug-likeness (QED) is 0.447. The van der Waals surface area contributed by atoms with Crippen LogP contribution in [0.5, 0.6) is 0 Å². The van der Waals surface area contributed by atoms with E-state index in [0.717, 1.165) is 51.6 Å². The highest BCUT2D eigenvalue weighted by atomic mass is 127. The van der Waals surface area contributed by atoms with E-state index in [0.29, 0.717) is 5.92 Å². The van der Waals surface area contributed by atoms with Crippen LogP contribution in [0.1, 0.15) is 12.8 Å². The minimum absolute atomic E-state index is 0. The van der Waals surface area contributed by atoms with Gasteiger partial charge in [-0.05, 0) is 18.8 Å². The van der Waals surface area contributed by atoms with Gasteiger partial charge in [0.15, 0.2) is 5.96 Å². The van der Waals surface area contributed by atoms with Crippen LogP contribution in [-0.4, -0.2) is 48.9 Å². The lowest BCUT2D eigenvalue weighted by Gasteiger charge is -2.23. The lowest BCUT2D eigenvalue weighted by Crippen LogP contribution is -2.41. The Morgan fingerprint density at radius 3 is 2.85 bits per heavy atom. The van der Waals surface area contributed by atoms with Gasteiger partial charge in [-0.3, -0.25) is 4.99 Å². The zero-order chi connectivity index (χ0) is 13.3. The molecule has 1 saturated heterocycles. The van der Waals surface area contributed by atoms with E-state index in [1.54, 1.807) is 13.2 Å². The molecule has 0 spiro atoms. The fraction of sp³-hybridized carbons (Fsp3) is 0.692. The molecule has 20 heavy (non-hydrogen) atoms. The molecule has 2 rings (SSSR count). The standard InChI is InChI=1S/C13H23N5O.HI/c1-14-13(16-5-7-18-6-4-15-11-18)17-10-12-2-8-19-9-3-12;/h4,6,11-12H,2-3,5,7-10H2,1H3,(H2,14,16,17);1H. The third-order valence-electron chi connectivity index (χ3n) is 3.34. The Labute approximate surface area is 137 Å². The minimum atomic E-state index is 0. The third kappa shape index (κ3) is 6.08. The maximum absolute atomic E-state index is 5.36. The van der Waals surface area contributed by atoms with Gasteiger partial charge in [-0.15, -0.1) is 24.0 Å². The van der Waals surface area contributed by atoms with Gasteiger partial charge in [0.1, 0.15) is 0 Å². The van der Waals surface area contributed by atoms with Crippen molar-refractivity contribution in [1.29, 1.82) is 0 Å². The van der Waals surface area contributed by atoms with Gasteiger partial charge in [0.25, 0.3) is 0 Å². The lowest BCUT2D eigenvalue weighted by molar-refractivity contribution is 0.0675. The van der Waals surface area contributed by atoms with Gasteiger partial charge >= 0.3 is 0 Å². The first kappa shape index (κ1) is 17.2. The molecular weight excluding hydrogens is 369 g/mol. The summed E-state index contributed by atoms with van der Waals surface area (Å²) in [5.74, 6) is 1.56. The zero-order valence-corrected chi connectivity index (χ0v) is 14.2. The van der Waals surface area contributed by atoms with Crippen LogP contribution in [0.3, 0.4) is 0 Å². The molecule has 2 N–H and O–H groups in total. The Hall–Kier alpha value is -0.830. The Bertz CT molecular complexity index is 376. The first-order valence-corrected chi connectivity index (χ1v) is 6.86. The molecule has 0 aliphatic carbocycles. The molecule has 0 amide bonds. The number of ether oxygens (including phenoxy) is 1. The Balaban J connectivity index is 0.00000200. The monoisotopic (exact) mass is 393 g/mol. The second-order valence-corrected chi connectivity index (χ2v) is 4.74. The summed E-state index contributed by atoms with van der Waals surface area (Å²) in [7, 11) is 1.80. The van der Waals surface area contributed by atoms with Crippen molar-refractivity contribution in [3.05, 3.63) is 18.7 Å². The molecule has 2 heterocycles. The molecule has 1 aliphatic heterocycles. The average molecular weight is 393 g/mol. The molecule has 6 nitrogen and oxygen atoms in total. The molecule has 7 heteroatoms. The molecule has 0 atom stereocenters. The normalized spacial score (nSPS) is 16.6. The summed E-state index contributed by atoms with van der Waals surface area (Å²) >= 11 is 0. The molecule has 1 aromatic rings. The number of nitrogens with zero attached hydrogens (tertiary/aromatic N) is 3. The minimum Gasteiger partial charge on any atom is -0.381 e. The van der Waals surface area contributed by atoms with Crippen molar-refractivity contribution in [2.24, 2.45) is 10.9 Å². The first-order chi connectivity index (χ1) is 9.38. The van der Waals surface area contributed by atoms with E-state index in [1.165, 1.54) is 0 Å². The number of aromatic nitrogens is 2. The van der Waals surface area contributed by atoms with Crippen LogP contribution in [0.2, 0.25) is 0 Å². The van der Waals surface area contributed by atoms with Crippen molar-refractivity contribution < 1.29 is 4.74 Å². The van der Waals surface area contributed by atoms with E-state index in [-0.39, 0.29) is 24.0 Å². The van der Waals surface area contributed by atoms with Gasteiger partial charge < -0.3 is 19.9 Å². The van der Waals surface area contributed by atoms with Gasteiger partial charge in [0, 0.05) is 52.3 Å². The third-order valence-corrected chi connectivity index (χ3v) is 3.34. The van der Waals surface area contributed by atoms with Crippen molar-refractivity contribution in [3.63, 3.8) is 0 Å². The first-order valence-electron chi connectivity index (χ1n) is 6.86. The van der Waals surface area contributed by atoms with Crippen LogP contribution in [0, 0.1) is 5.92 Å². The highest BCUT2D eigenvalue weighted by Gasteiger charge is 2.13. The summed E-state index contributed by atoms with van der Waals surface area (Å²) in [4.78, 5) is 8.24. The van der Waals surface area contributed by atoms with Crippen molar-refractivity contribution in [2.45, 2.75) is 19.4 Å². The lowest BCUT2D eigenvalue weighted by atomic mass is 10.0. The van der Waals surface area contributed by atoms with Gasteiger partial charge in [-0.2, -0.15) is 0 Å². The molecule has 0 aromatic carbocycles. The van der Waals surface area contributed by atoms with Crippen LogP contribution in [0.15, 0.2) is 23.7 Å². The smallest absolute Gasteiger partial charge is 0.191 e. The van der Waals surface area contributed by atoms with E-state index in [9.17, 15) is 0 Å². The van der Waals surface area contributed by atoms with Crippen molar-refractivity contribution in [2.75, 3.05) is 33.4 Å². The highest BCUT2D eigenvalue weighted by molar-refractivity contribution is 14.0. The number of halogens is 1. The Kier molecular flexibility index (Phi) is 8.59. The van der Waals surface area contributed by atoms with Crippen LogP contribution in [0.4, 0.5) is 0 Å². The summed E-state index contributed by atoms with van der Waals surface area (Å²) in [6.07, 6.45) is 7.84. The SMILES string of the molecule is CN=C(NCCn1ccnc1)NCC1CCOCC1.I. The van der Waals surface area contributed by atoms with Crippen molar-refractivity contribution >= 4 is 29.9 Å². The van der Waals surface area contributed by atoms with Crippen LogP contribution < -0.4 is 10.6 Å². The predicted octanol–water partition coefficient (Wildman–Crippen LogP) is 1.09. The Morgan fingerprint density at radius 2 is 2.20 bits per heavy atom. The average Bonchev–Trinajstić information content (AvgIpc) is 2.97. The second kappa shape index (κ2) is 9.98. The van der Waals surface area contributed by atoms with Gasteiger partial charge in [-0.1, -0.05) is 0 Å². The van der Waals surface area contributed by atoms with Crippen LogP contribution >= 0.6 is 24.0 Å². The number of hydrogen-bond acceptors (Lipinski definition) is 3. The van der Waals surface area contributed by atoms with E-state index in [2.05, 4.69) is 20.6 Å². The van der Waals surface area contributed by atoms with E-state index < -0.39 is 0 Å². The molecule has 114 valence electrons. The maximum atomic E-state index is 5.36. The summed E-state index contributed by atoms with van der Waals surface area (Å²) in [6, 6.07) is 0. The number of hydrogen-bond donors (Lipinski definition) is 2. The molecule has 0 bridgehead atoms. The fourth-order valence-electron chi connectivity index (χ4n) is 2.13. The van der Waals surface area contributed by atoms with Crippen molar-refractivity contribution in [3.8, 4) is 0 Å². The summed E-state index contributed by atoms with van der Waals surface area (Å²) < 4.78 is 7.40. The topological polar surface area (TPSA) is 63.5 Å². The maximum Gasteiger partial charge on any atom is 0.191 e. The number of nitrogens with one attached hydrogen (secondary N) is 2. The molecule has 1 fully saturated rings. The molecule has 0 unspecified atom stereocenters. The van der Waals surface area contributed by atoms with E-state index >= 15 is 0 Å². The summed E-state index contributed by atoms with van der Waals surface area (Å²) in [5.41, 5.74) is 0. The van der Waals surface area contributed by atoms with Gasteiger partial charge in [0.2, 0.25) is 0 Å². The predicted molar refractivity (Wildman–Crippen MR) is 90.5 cm³/mol. The molecule has 1 aromatic heterocycles. The number of aliphatic imine (C=N–C) groups is 1. The highest BCUT2D eigenvalue weighted by Crippen LogP contribution is 2.12. The Morgan fingerprint density at radius 1 is 1.40 bits per heavy atom. The van der Waals surface area contributed by atoms with Crippen LogP contribution in [0.25, 0.3) is 0 Å². The molecule has 0 radical (unpaired) electrons. The van der Waals surface area contributed by atoms with E-state index in [1.807, 2.05) is 17.1 Å². The van der Waals surface area contributed by atoms with Gasteiger partial charge in [-0.25, -0.2) is 4.98 Å². The number of guanidine groups is 1. The van der Waals surface area contributed by atoms with E-state index in [4.69, 9.17) is 4.74 Å². The summed E-state index contributed by atoms with van der Waals surface area (Å²) in [6.45, 7) is 4.47. The van der Waals surface area contributed by atoms with Gasteiger partial charge in [0.05, 0.1) is 6.33 Å². The number of rotatable bonds is 5. The molecule has 1 aliphatic rings. The van der Waals surface area contributed by atoms with Crippen molar-refractivity contribution in [1.82, 2.24) is 20.2 Å². The fourth-order valence-corrected chi connectivity index (χ4v) is 2.13. The summed E-state index contributed by atoms with van der Waals surface area (Å²) in [5, 5.41) is 6.68. The largest absolute Gasteiger partial charge is 0.381 e. The number of imidazole rings is 1. The molecular formula is C13H24IN5O.